The van der Waals surface area contributed by atoms with E-state index in [2.05, 4.69) is 0 Å². The molecule has 0 saturated carbocycles. The molecule has 0 aliphatic heterocycles. The van der Waals surface area contributed by atoms with Gasteiger partial charge in [0.2, 0.25) is 0 Å². The molecule has 114 valence electrons. The van der Waals surface area contributed by atoms with Gasteiger partial charge in [-0.2, -0.15) is 0 Å². The summed E-state index contributed by atoms with van der Waals surface area (Å²) in [5, 5.41) is 8.92. The number of hydrogen-bond donors (Lipinski definition) is 1. The topological polar surface area (TPSA) is 72.8 Å². The molecule has 0 radical (unpaired) electrons. The van der Waals surface area contributed by atoms with Gasteiger partial charge >= 0.3 is 11.9 Å². The number of aromatic carboxylic acids is 1. The van der Waals surface area contributed by atoms with Crippen LogP contribution in [-0.4, -0.2) is 23.1 Å². The summed E-state index contributed by atoms with van der Waals surface area (Å²) in [5.74, 6) is -0.897. The normalized spacial score (nSPS) is 10.3. The summed E-state index contributed by atoms with van der Waals surface area (Å²) in [4.78, 5) is 23.0. The zero-order valence-electron chi connectivity index (χ0n) is 12.3. The van der Waals surface area contributed by atoms with Crippen LogP contribution in [0, 0.1) is 0 Å². The zero-order chi connectivity index (χ0) is 16.1. The summed E-state index contributed by atoms with van der Waals surface area (Å²) in [6.45, 7) is 3.78. The smallest absolute Gasteiger partial charge is 0.343 e. The Morgan fingerprint density at radius 1 is 0.955 bits per heavy atom. The van der Waals surface area contributed by atoms with Crippen LogP contribution in [0.4, 0.5) is 0 Å². The molecule has 0 aliphatic carbocycles. The summed E-state index contributed by atoms with van der Waals surface area (Å²) in [5.41, 5.74) is 0.390. The van der Waals surface area contributed by atoms with Gasteiger partial charge in [-0.05, 0) is 50.2 Å². The Bertz CT molecular complexity index is 691. The second kappa shape index (κ2) is 6.76. The van der Waals surface area contributed by atoms with Crippen LogP contribution < -0.4 is 9.47 Å². The summed E-state index contributed by atoms with van der Waals surface area (Å²) in [7, 11) is 0. The van der Waals surface area contributed by atoms with Crippen LogP contribution in [0.5, 0.6) is 11.5 Å². The maximum absolute atomic E-state index is 12.1. The third kappa shape index (κ3) is 4.09. The molecule has 2 rings (SSSR count). The highest BCUT2D eigenvalue weighted by Crippen LogP contribution is 2.18. The van der Waals surface area contributed by atoms with Crippen molar-refractivity contribution >= 4 is 11.9 Å². The molecule has 0 bridgehead atoms. The molecule has 0 heterocycles. The van der Waals surface area contributed by atoms with Gasteiger partial charge in [-0.25, -0.2) is 9.59 Å². The van der Waals surface area contributed by atoms with E-state index in [4.69, 9.17) is 14.6 Å². The number of carboxylic acids is 1. The van der Waals surface area contributed by atoms with Gasteiger partial charge in [0.05, 0.1) is 17.2 Å². The van der Waals surface area contributed by atoms with E-state index >= 15 is 0 Å². The lowest BCUT2D eigenvalue weighted by molar-refractivity contribution is 0.0687. The van der Waals surface area contributed by atoms with Gasteiger partial charge in [-0.15, -0.1) is 0 Å². The molecule has 0 aromatic heterocycles. The third-order valence-corrected chi connectivity index (χ3v) is 2.73. The van der Waals surface area contributed by atoms with Crippen LogP contribution >= 0.6 is 0 Å². The molecule has 22 heavy (non-hydrogen) atoms. The number of carbonyl (C=O) groups is 2. The molecular formula is C17H16O5. The number of esters is 1. The Morgan fingerprint density at radius 3 is 2.18 bits per heavy atom. The highest BCUT2D eigenvalue weighted by atomic mass is 16.5. The fraction of sp³-hybridized carbons (Fsp3) is 0.176. The van der Waals surface area contributed by atoms with Crippen LogP contribution in [-0.2, 0) is 0 Å². The first-order valence-corrected chi connectivity index (χ1v) is 6.78. The van der Waals surface area contributed by atoms with Crippen molar-refractivity contribution in [2.45, 2.75) is 20.0 Å². The lowest BCUT2D eigenvalue weighted by atomic mass is 10.2. The van der Waals surface area contributed by atoms with E-state index in [1.165, 1.54) is 24.3 Å². The summed E-state index contributed by atoms with van der Waals surface area (Å²) < 4.78 is 10.7. The van der Waals surface area contributed by atoms with Crippen LogP contribution in [0.3, 0.4) is 0 Å². The van der Waals surface area contributed by atoms with Crippen molar-refractivity contribution in [3.63, 3.8) is 0 Å². The molecule has 1 N–H and O–H groups in total. The van der Waals surface area contributed by atoms with Crippen molar-refractivity contribution < 1.29 is 24.2 Å². The summed E-state index contributed by atoms with van der Waals surface area (Å²) in [6.07, 6.45) is -0.00137. The minimum absolute atomic E-state index is 0.00137. The monoisotopic (exact) mass is 300 g/mol. The average molecular weight is 300 g/mol. The largest absolute Gasteiger partial charge is 0.491 e. The van der Waals surface area contributed by atoms with Crippen molar-refractivity contribution in [3.8, 4) is 11.5 Å². The number of rotatable bonds is 5. The third-order valence-electron chi connectivity index (χ3n) is 2.73. The Morgan fingerprint density at radius 2 is 1.55 bits per heavy atom. The number of benzene rings is 2. The van der Waals surface area contributed by atoms with Crippen LogP contribution in [0.1, 0.15) is 34.6 Å². The van der Waals surface area contributed by atoms with E-state index in [0.717, 1.165) is 0 Å². The number of hydrogen-bond acceptors (Lipinski definition) is 4. The van der Waals surface area contributed by atoms with Gasteiger partial charge in [0.1, 0.15) is 11.5 Å². The van der Waals surface area contributed by atoms with Crippen molar-refractivity contribution in [2.24, 2.45) is 0 Å². The van der Waals surface area contributed by atoms with E-state index in [1.807, 2.05) is 13.8 Å². The highest BCUT2D eigenvalue weighted by Gasteiger charge is 2.11. The second-order valence-electron chi connectivity index (χ2n) is 4.92. The predicted molar refractivity (Wildman–Crippen MR) is 80.6 cm³/mol. The molecule has 0 fully saturated rings. The molecule has 5 nitrogen and oxygen atoms in total. The fourth-order valence-electron chi connectivity index (χ4n) is 1.83. The van der Waals surface area contributed by atoms with Crippen molar-refractivity contribution in [2.75, 3.05) is 0 Å². The Kier molecular flexibility index (Phi) is 4.78. The number of carbonyl (C=O) groups excluding carboxylic acids is 1. The maximum Gasteiger partial charge on any atom is 0.343 e. The van der Waals surface area contributed by atoms with Crippen LogP contribution in [0.15, 0.2) is 48.5 Å². The molecule has 0 amide bonds. The van der Waals surface area contributed by atoms with E-state index in [-0.39, 0.29) is 17.4 Å². The molecule has 2 aromatic rings. The van der Waals surface area contributed by atoms with Crippen molar-refractivity contribution in [1.29, 1.82) is 0 Å². The molecule has 5 heteroatoms. The summed E-state index contributed by atoms with van der Waals surface area (Å²) in [6, 6.07) is 12.4. The van der Waals surface area contributed by atoms with Gasteiger partial charge in [0.15, 0.2) is 0 Å². The van der Waals surface area contributed by atoms with Crippen molar-refractivity contribution in [3.05, 3.63) is 59.7 Å². The second-order valence-corrected chi connectivity index (χ2v) is 4.92. The molecule has 0 aliphatic rings. The lowest BCUT2D eigenvalue weighted by Gasteiger charge is -2.10. The van der Waals surface area contributed by atoms with Gasteiger partial charge in [0, 0.05) is 0 Å². The average Bonchev–Trinajstić information content (AvgIpc) is 2.47. The van der Waals surface area contributed by atoms with Crippen LogP contribution in [0.25, 0.3) is 0 Å². The molecule has 0 atom stereocenters. The minimum Gasteiger partial charge on any atom is -0.491 e. The SMILES string of the molecule is CC(C)Oc1cccc(C(=O)Oc2cccc(C(=O)O)c2)c1. The van der Waals surface area contributed by atoms with E-state index in [1.54, 1.807) is 24.3 Å². The van der Waals surface area contributed by atoms with Gasteiger partial charge in [-0.1, -0.05) is 12.1 Å². The van der Waals surface area contributed by atoms with Gasteiger partial charge < -0.3 is 14.6 Å². The Labute approximate surface area is 128 Å². The minimum atomic E-state index is -1.08. The maximum atomic E-state index is 12.1. The molecule has 0 unspecified atom stereocenters. The summed E-state index contributed by atoms with van der Waals surface area (Å²) >= 11 is 0. The first-order chi connectivity index (χ1) is 10.5. The highest BCUT2D eigenvalue weighted by molar-refractivity contribution is 5.92. The number of ether oxygens (including phenoxy) is 2. The Hall–Kier alpha value is -2.82. The predicted octanol–water partition coefficient (Wildman–Crippen LogP) is 3.39. The first-order valence-electron chi connectivity index (χ1n) is 6.78. The Balaban J connectivity index is 2.15. The van der Waals surface area contributed by atoms with Crippen LogP contribution in [0.2, 0.25) is 0 Å². The lowest BCUT2D eigenvalue weighted by Crippen LogP contribution is -2.10. The quantitative estimate of drug-likeness (QED) is 0.677. The molecule has 0 spiro atoms. The van der Waals surface area contributed by atoms with E-state index < -0.39 is 11.9 Å². The van der Waals surface area contributed by atoms with E-state index in [0.29, 0.717) is 11.3 Å². The molecule has 2 aromatic carbocycles. The number of carboxylic acid groups (broad SMARTS) is 1. The van der Waals surface area contributed by atoms with Gasteiger partial charge in [0.25, 0.3) is 0 Å². The van der Waals surface area contributed by atoms with Crippen molar-refractivity contribution in [1.82, 2.24) is 0 Å². The zero-order valence-corrected chi connectivity index (χ0v) is 12.3. The molecule has 0 saturated heterocycles. The van der Waals surface area contributed by atoms with E-state index in [9.17, 15) is 9.59 Å². The van der Waals surface area contributed by atoms with Gasteiger partial charge in [-0.3, -0.25) is 0 Å². The molecular weight excluding hydrogens is 284 g/mol. The standard InChI is InChI=1S/C17H16O5/c1-11(2)21-14-7-4-6-13(10-14)17(20)22-15-8-3-5-12(9-15)16(18)19/h3-11H,1-2H3,(H,18,19). The fourth-order valence-corrected chi connectivity index (χ4v) is 1.83. The first kappa shape index (κ1) is 15.6.